The summed E-state index contributed by atoms with van der Waals surface area (Å²) in [6, 6.07) is 0. The molecule has 0 spiro atoms. The van der Waals surface area contributed by atoms with Gasteiger partial charge in [0.1, 0.15) is 28.9 Å². The van der Waals surface area contributed by atoms with Crippen LogP contribution in [0.5, 0.6) is 0 Å². The molecule has 0 aromatic heterocycles. The molecule has 0 aliphatic heterocycles. The molecule has 0 heterocycles. The van der Waals surface area contributed by atoms with E-state index >= 15 is 0 Å². The van der Waals surface area contributed by atoms with Gasteiger partial charge in [0.05, 0.1) is 6.54 Å². The van der Waals surface area contributed by atoms with E-state index in [-0.39, 0.29) is 35.5 Å². The lowest BCUT2D eigenvalue weighted by Gasteiger charge is -1.90. The molecule has 0 radical (unpaired) electrons. The lowest BCUT2D eigenvalue weighted by molar-refractivity contribution is -0.122. The highest BCUT2D eigenvalue weighted by atomic mass is 16.1. The smallest absolute Gasteiger partial charge is 0.143 e. The van der Waals surface area contributed by atoms with E-state index in [9.17, 15) is 24.0 Å². The molecular weight excluding hydrogens is 592 g/mol. The summed E-state index contributed by atoms with van der Waals surface area (Å²) in [7, 11) is 3.00. The second-order valence-corrected chi connectivity index (χ2v) is 11.0. The largest absolute Gasteiger partial charge is 0.333 e. The fourth-order valence-electron chi connectivity index (χ4n) is 2.86. The molecule has 0 aromatic carbocycles. The quantitative estimate of drug-likeness (QED) is 0.0915. The first kappa shape index (κ1) is 63.8. The summed E-state index contributed by atoms with van der Waals surface area (Å²) in [5.41, 5.74) is 19.1. The van der Waals surface area contributed by atoms with E-state index in [1.165, 1.54) is 125 Å². The zero-order valence-electron chi connectivity index (χ0n) is 33.7. The van der Waals surface area contributed by atoms with Gasteiger partial charge in [-0.15, -0.1) is 0 Å². The summed E-state index contributed by atoms with van der Waals surface area (Å²) in [6.45, 7) is 19.7. The van der Waals surface area contributed by atoms with E-state index < -0.39 is 0 Å². The van der Waals surface area contributed by atoms with E-state index in [0.717, 1.165) is 6.54 Å². The topological polar surface area (TPSA) is 189 Å². The zero-order chi connectivity index (χ0) is 38.7. The molecule has 9 heteroatoms. The number of carbonyl (C=O) groups excluding carboxylic acids is 5. The number of nitrogens with two attached hydrogens (primary N) is 4. The van der Waals surface area contributed by atoms with Gasteiger partial charge in [-0.25, -0.2) is 0 Å². The van der Waals surface area contributed by atoms with Crippen LogP contribution in [0.2, 0.25) is 0 Å². The Hall–Kier alpha value is -1.81. The minimum atomic E-state index is 0.0324. The Kier molecular flexibility index (Phi) is 95.7. The number of hydrogen-bond donors (Lipinski definition) is 4. The standard InChI is InChI=1S/C7H12O2.2C7H16.C6H15N.C6H10O2.C3H7NO.2CH5N/c1-6(8)4-3-5-7(2)9;2*1-3-5-7-6-4-2;1-2-3-4-5-6-7;1-5(7)3-4-6(2)8;1-3(5)2-4;2*1-2/h3-5H2,1-2H3;2*3-7H2,1-2H3;2-7H2,1H3;3-4H2,1-2H3;2,4H2,1H3;2*2H2,1H3. The minimum Gasteiger partial charge on any atom is -0.333 e. The molecule has 0 aliphatic rings. The van der Waals surface area contributed by atoms with Crippen LogP contribution in [0.25, 0.3) is 0 Å². The van der Waals surface area contributed by atoms with Gasteiger partial charge < -0.3 is 42.1 Å². The third-order valence-electron chi connectivity index (χ3n) is 5.65. The first-order valence-corrected chi connectivity index (χ1v) is 18.3. The number of Topliss-reactive ketones (excluding diaryl/α,β-unsaturated/α-hetero) is 5. The zero-order valence-corrected chi connectivity index (χ0v) is 33.7. The number of hydrogen-bond acceptors (Lipinski definition) is 9. The van der Waals surface area contributed by atoms with Crippen molar-refractivity contribution in [3.05, 3.63) is 0 Å². The molecule has 8 N–H and O–H groups in total. The molecule has 47 heavy (non-hydrogen) atoms. The normalized spacial score (nSPS) is 8.51. The van der Waals surface area contributed by atoms with Gasteiger partial charge in [-0.05, 0) is 68.1 Å². The maximum atomic E-state index is 10.3. The van der Waals surface area contributed by atoms with Crippen molar-refractivity contribution in [2.75, 3.05) is 27.2 Å². The van der Waals surface area contributed by atoms with E-state index in [4.69, 9.17) is 11.5 Å². The van der Waals surface area contributed by atoms with Crippen LogP contribution in [0.4, 0.5) is 0 Å². The minimum absolute atomic E-state index is 0.0324. The molecule has 288 valence electrons. The van der Waals surface area contributed by atoms with Crippen LogP contribution in [-0.4, -0.2) is 56.1 Å². The van der Waals surface area contributed by atoms with Gasteiger partial charge in [0, 0.05) is 25.7 Å². The summed E-state index contributed by atoms with van der Waals surface area (Å²) >= 11 is 0. The van der Waals surface area contributed by atoms with Crippen molar-refractivity contribution in [1.29, 1.82) is 0 Å². The van der Waals surface area contributed by atoms with Crippen LogP contribution in [0.3, 0.4) is 0 Å². The molecule has 0 unspecified atom stereocenters. The van der Waals surface area contributed by atoms with Gasteiger partial charge in [-0.2, -0.15) is 0 Å². The van der Waals surface area contributed by atoms with Crippen molar-refractivity contribution in [3.63, 3.8) is 0 Å². The van der Waals surface area contributed by atoms with E-state index in [2.05, 4.69) is 46.1 Å². The monoisotopic (exact) mass is 679 g/mol. The van der Waals surface area contributed by atoms with Crippen molar-refractivity contribution in [2.24, 2.45) is 22.9 Å². The molecule has 0 atom stereocenters. The summed E-state index contributed by atoms with van der Waals surface area (Å²) in [6.07, 6.45) is 21.8. The van der Waals surface area contributed by atoms with Crippen molar-refractivity contribution in [1.82, 2.24) is 0 Å². The van der Waals surface area contributed by atoms with Crippen LogP contribution in [0, 0.1) is 0 Å². The van der Waals surface area contributed by atoms with Crippen LogP contribution in [0.1, 0.15) is 191 Å². The lowest BCUT2D eigenvalue weighted by Crippen LogP contribution is -2.07. The third-order valence-corrected chi connectivity index (χ3v) is 5.65. The van der Waals surface area contributed by atoms with Gasteiger partial charge in [0.2, 0.25) is 0 Å². The Morgan fingerprint density at radius 2 is 0.553 bits per heavy atom. The highest BCUT2D eigenvalue weighted by Crippen LogP contribution is 2.01. The Morgan fingerprint density at radius 1 is 0.340 bits per heavy atom. The van der Waals surface area contributed by atoms with Gasteiger partial charge >= 0.3 is 0 Å². The second kappa shape index (κ2) is 70.5. The molecule has 0 bridgehead atoms. The SMILES string of the molecule is CC(=O)CCC(C)=O.CC(=O)CCCC(C)=O.CC(=O)CN.CCCCCCC.CCCCCCC.CCCCCCN.CN.CN. The fraction of sp³-hybridized carbons (Fsp3) is 0.868. The Labute approximate surface area is 293 Å². The summed E-state index contributed by atoms with van der Waals surface area (Å²) < 4.78 is 0. The molecule has 0 aromatic rings. The molecule has 0 rings (SSSR count). The number of ketones is 5. The molecule has 0 saturated carbocycles. The van der Waals surface area contributed by atoms with Crippen LogP contribution < -0.4 is 22.9 Å². The van der Waals surface area contributed by atoms with Crippen molar-refractivity contribution >= 4 is 28.9 Å². The highest BCUT2D eigenvalue weighted by Gasteiger charge is 1.96. The summed E-state index contributed by atoms with van der Waals surface area (Å²) in [5, 5.41) is 0. The second-order valence-electron chi connectivity index (χ2n) is 11.0. The number of rotatable bonds is 20. The highest BCUT2D eigenvalue weighted by molar-refractivity contribution is 5.83. The summed E-state index contributed by atoms with van der Waals surface area (Å²) in [4.78, 5) is 50.7. The van der Waals surface area contributed by atoms with Crippen molar-refractivity contribution < 1.29 is 24.0 Å². The lowest BCUT2D eigenvalue weighted by atomic mass is 10.1. The van der Waals surface area contributed by atoms with Gasteiger partial charge in [-0.1, -0.05) is 118 Å². The fourth-order valence-corrected chi connectivity index (χ4v) is 2.86. The van der Waals surface area contributed by atoms with Crippen LogP contribution in [-0.2, 0) is 24.0 Å². The first-order valence-electron chi connectivity index (χ1n) is 18.3. The van der Waals surface area contributed by atoms with E-state index in [0.29, 0.717) is 32.1 Å². The third kappa shape index (κ3) is 146. The van der Waals surface area contributed by atoms with Gasteiger partial charge in [0.25, 0.3) is 0 Å². The van der Waals surface area contributed by atoms with Gasteiger partial charge in [-0.3, -0.25) is 4.79 Å². The average Bonchev–Trinajstić information content (AvgIpc) is 3.04. The van der Waals surface area contributed by atoms with Crippen LogP contribution >= 0.6 is 0 Å². The average molecular weight is 679 g/mol. The Bertz CT molecular complexity index is 537. The molecule has 0 amide bonds. The molecule has 0 aliphatic carbocycles. The molecule has 9 nitrogen and oxygen atoms in total. The maximum Gasteiger partial charge on any atom is 0.143 e. The first-order chi connectivity index (χ1) is 22.3. The maximum absolute atomic E-state index is 10.3. The predicted octanol–water partition coefficient (Wildman–Crippen LogP) is 8.44. The van der Waals surface area contributed by atoms with Gasteiger partial charge in [0.15, 0.2) is 0 Å². The number of carbonyl (C=O) groups is 5. The molecule has 0 saturated heterocycles. The van der Waals surface area contributed by atoms with E-state index in [1.54, 1.807) is 13.8 Å². The predicted molar refractivity (Wildman–Crippen MR) is 208 cm³/mol. The molecular formula is C38H86N4O5. The summed E-state index contributed by atoms with van der Waals surface area (Å²) in [5.74, 6) is 0.526. The van der Waals surface area contributed by atoms with Crippen molar-refractivity contribution in [3.8, 4) is 0 Å². The van der Waals surface area contributed by atoms with Crippen LogP contribution in [0.15, 0.2) is 0 Å². The Morgan fingerprint density at radius 3 is 0.702 bits per heavy atom. The molecule has 0 fully saturated rings. The Balaban J connectivity index is -0.0000000637. The number of unbranched alkanes of at least 4 members (excludes halogenated alkanes) is 11. The van der Waals surface area contributed by atoms with Crippen molar-refractivity contribution in [2.45, 2.75) is 191 Å². The van der Waals surface area contributed by atoms with E-state index in [1.807, 2.05) is 0 Å².